The van der Waals surface area contributed by atoms with Crippen molar-refractivity contribution in [2.45, 2.75) is 58.4 Å². The van der Waals surface area contributed by atoms with Gasteiger partial charge in [-0.15, -0.1) is 0 Å². The van der Waals surface area contributed by atoms with Crippen LogP contribution in [0.25, 0.3) is 6.08 Å². The van der Waals surface area contributed by atoms with Crippen LogP contribution >= 0.6 is 0 Å². The normalized spacial score (nSPS) is 34.2. The van der Waals surface area contributed by atoms with Gasteiger partial charge in [-0.3, -0.25) is 0 Å². The Balaban J connectivity index is 1.34. The molecule has 4 bridgehead atoms. The number of hydrogen-bond donors (Lipinski definition) is 2. The molecule has 4 saturated carbocycles. The minimum atomic E-state index is -0.0759. The fourth-order valence-electron chi connectivity index (χ4n) is 6.08. The summed E-state index contributed by atoms with van der Waals surface area (Å²) >= 11 is 0. The van der Waals surface area contributed by atoms with Crippen molar-refractivity contribution in [2.75, 3.05) is 0 Å². The quantitative estimate of drug-likeness (QED) is 0.808. The van der Waals surface area contributed by atoms with Gasteiger partial charge in [-0.1, -0.05) is 24.3 Å². The number of carbonyl (C=O) groups excluding carboxylic acids is 1. The SMILES string of the molecule is Cc1ccccc1/C=C/NC(=O)NC(C)C12CC3CC(CC(C3)C1)C2. The fraction of sp³-hybridized carbons (Fsp3) is 0.591. The number of carbonyl (C=O) groups is 1. The first kappa shape index (κ1) is 16.7. The third kappa shape index (κ3) is 3.33. The van der Waals surface area contributed by atoms with Gasteiger partial charge >= 0.3 is 6.03 Å². The molecule has 1 atom stereocenters. The van der Waals surface area contributed by atoms with Crippen molar-refractivity contribution < 1.29 is 4.79 Å². The second-order valence-corrected chi connectivity index (χ2v) is 8.81. The lowest BCUT2D eigenvalue weighted by atomic mass is 9.48. The zero-order chi connectivity index (χ0) is 17.4. The third-order valence-corrected chi connectivity index (χ3v) is 7.02. The first-order valence-electron chi connectivity index (χ1n) is 9.83. The minimum absolute atomic E-state index is 0.0759. The molecule has 0 heterocycles. The lowest BCUT2D eigenvalue weighted by Gasteiger charge is -2.59. The molecule has 4 aliphatic carbocycles. The molecular weight excluding hydrogens is 308 g/mol. The number of rotatable bonds is 4. The van der Waals surface area contributed by atoms with Crippen LogP contribution in [0.5, 0.6) is 0 Å². The van der Waals surface area contributed by atoms with Crippen LogP contribution in [0.3, 0.4) is 0 Å². The van der Waals surface area contributed by atoms with E-state index in [-0.39, 0.29) is 12.1 Å². The van der Waals surface area contributed by atoms with Gasteiger partial charge in [0.25, 0.3) is 0 Å². The smallest absolute Gasteiger partial charge is 0.318 e. The minimum Gasteiger partial charge on any atom is -0.335 e. The lowest BCUT2D eigenvalue weighted by Crippen LogP contribution is -2.56. The average molecular weight is 338 g/mol. The molecule has 5 rings (SSSR count). The Bertz CT molecular complexity index is 643. The summed E-state index contributed by atoms with van der Waals surface area (Å²) in [6, 6.07) is 8.36. The van der Waals surface area contributed by atoms with Gasteiger partial charge < -0.3 is 10.6 Å². The zero-order valence-electron chi connectivity index (χ0n) is 15.4. The van der Waals surface area contributed by atoms with Crippen LogP contribution in [-0.4, -0.2) is 12.1 Å². The molecule has 3 nitrogen and oxygen atoms in total. The number of benzene rings is 1. The van der Waals surface area contributed by atoms with Gasteiger partial charge in [0.1, 0.15) is 0 Å². The van der Waals surface area contributed by atoms with Gasteiger partial charge in [-0.05, 0) is 92.7 Å². The number of amides is 2. The van der Waals surface area contributed by atoms with E-state index in [0.29, 0.717) is 5.41 Å². The predicted molar refractivity (Wildman–Crippen MR) is 102 cm³/mol. The highest BCUT2D eigenvalue weighted by atomic mass is 16.2. The summed E-state index contributed by atoms with van der Waals surface area (Å²) < 4.78 is 0. The summed E-state index contributed by atoms with van der Waals surface area (Å²) in [5.41, 5.74) is 2.70. The molecule has 1 aromatic rings. The Morgan fingerprint density at radius 3 is 2.32 bits per heavy atom. The molecule has 2 N–H and O–H groups in total. The fourth-order valence-corrected chi connectivity index (χ4v) is 6.08. The second-order valence-electron chi connectivity index (χ2n) is 8.81. The Kier molecular flexibility index (Phi) is 4.35. The van der Waals surface area contributed by atoms with Crippen molar-refractivity contribution in [1.29, 1.82) is 0 Å². The van der Waals surface area contributed by atoms with Crippen LogP contribution in [0.15, 0.2) is 30.5 Å². The zero-order valence-corrected chi connectivity index (χ0v) is 15.4. The maximum atomic E-state index is 12.3. The van der Waals surface area contributed by atoms with Gasteiger partial charge in [-0.2, -0.15) is 0 Å². The van der Waals surface area contributed by atoms with Crippen LogP contribution in [0.2, 0.25) is 0 Å². The van der Waals surface area contributed by atoms with Crippen LogP contribution < -0.4 is 10.6 Å². The summed E-state index contributed by atoms with van der Waals surface area (Å²) in [4.78, 5) is 12.3. The molecular formula is C22H30N2O. The molecule has 25 heavy (non-hydrogen) atoms. The Hall–Kier alpha value is -1.77. The number of aryl methyl sites for hydroxylation is 1. The van der Waals surface area contributed by atoms with Crippen molar-refractivity contribution in [3.8, 4) is 0 Å². The number of hydrogen-bond acceptors (Lipinski definition) is 1. The van der Waals surface area contributed by atoms with E-state index in [9.17, 15) is 4.79 Å². The Labute approximate surface area is 151 Å². The van der Waals surface area contributed by atoms with Crippen LogP contribution in [-0.2, 0) is 0 Å². The van der Waals surface area contributed by atoms with Gasteiger partial charge in [0.15, 0.2) is 0 Å². The van der Waals surface area contributed by atoms with E-state index in [2.05, 4.69) is 36.6 Å². The Morgan fingerprint density at radius 1 is 1.12 bits per heavy atom. The largest absolute Gasteiger partial charge is 0.335 e. The maximum Gasteiger partial charge on any atom is 0.318 e. The van der Waals surface area contributed by atoms with E-state index >= 15 is 0 Å². The summed E-state index contributed by atoms with van der Waals surface area (Å²) in [7, 11) is 0. The van der Waals surface area contributed by atoms with Gasteiger partial charge in [0, 0.05) is 12.2 Å². The average Bonchev–Trinajstić information content (AvgIpc) is 2.55. The second kappa shape index (κ2) is 6.51. The van der Waals surface area contributed by atoms with Crippen molar-refractivity contribution in [3.63, 3.8) is 0 Å². The third-order valence-electron chi connectivity index (χ3n) is 7.02. The molecule has 2 amide bonds. The van der Waals surface area contributed by atoms with E-state index in [0.717, 1.165) is 23.3 Å². The highest BCUT2D eigenvalue weighted by Crippen LogP contribution is 2.61. The van der Waals surface area contributed by atoms with Crippen LogP contribution in [0, 0.1) is 30.1 Å². The van der Waals surface area contributed by atoms with E-state index in [1.54, 1.807) is 6.20 Å². The maximum absolute atomic E-state index is 12.3. The molecule has 0 radical (unpaired) electrons. The van der Waals surface area contributed by atoms with Crippen molar-refractivity contribution in [2.24, 2.45) is 23.2 Å². The van der Waals surface area contributed by atoms with E-state index < -0.39 is 0 Å². The molecule has 0 aliphatic heterocycles. The standard InChI is InChI=1S/C22H30N2O/c1-15-5-3-4-6-20(15)7-8-23-21(25)24-16(2)22-12-17-9-18(13-22)11-19(10-17)14-22/h3-8,16-19H,9-14H2,1-2H3,(H2,23,24,25)/b8-7+. The number of urea groups is 1. The van der Waals surface area contributed by atoms with Crippen molar-refractivity contribution in [3.05, 3.63) is 41.6 Å². The van der Waals surface area contributed by atoms with Gasteiger partial charge in [0.05, 0.1) is 0 Å². The van der Waals surface area contributed by atoms with E-state index in [1.165, 1.54) is 44.1 Å². The topological polar surface area (TPSA) is 41.1 Å². The molecule has 134 valence electrons. The van der Waals surface area contributed by atoms with E-state index in [4.69, 9.17) is 0 Å². The molecule has 4 aliphatic rings. The molecule has 0 saturated heterocycles. The van der Waals surface area contributed by atoms with Crippen LogP contribution in [0.4, 0.5) is 4.79 Å². The molecule has 0 aromatic heterocycles. The first-order valence-corrected chi connectivity index (χ1v) is 9.83. The Morgan fingerprint density at radius 2 is 1.72 bits per heavy atom. The predicted octanol–water partition coefficient (Wildman–Crippen LogP) is 4.87. The van der Waals surface area contributed by atoms with Crippen molar-refractivity contribution in [1.82, 2.24) is 10.6 Å². The van der Waals surface area contributed by atoms with E-state index in [1.807, 2.05) is 18.2 Å². The number of nitrogens with one attached hydrogen (secondary N) is 2. The van der Waals surface area contributed by atoms with Gasteiger partial charge in [0.2, 0.25) is 0 Å². The monoisotopic (exact) mass is 338 g/mol. The highest BCUT2D eigenvalue weighted by molar-refractivity contribution is 5.76. The van der Waals surface area contributed by atoms with Crippen LogP contribution in [0.1, 0.15) is 56.6 Å². The van der Waals surface area contributed by atoms with Gasteiger partial charge in [-0.25, -0.2) is 4.79 Å². The molecule has 4 fully saturated rings. The summed E-state index contributed by atoms with van der Waals surface area (Å²) in [6.45, 7) is 4.30. The van der Waals surface area contributed by atoms with Crippen molar-refractivity contribution >= 4 is 12.1 Å². The summed E-state index contributed by atoms with van der Waals surface area (Å²) in [5.74, 6) is 2.75. The molecule has 3 heteroatoms. The summed E-state index contributed by atoms with van der Waals surface area (Å²) in [6.07, 6.45) is 12.0. The molecule has 0 spiro atoms. The first-order chi connectivity index (χ1) is 12.0. The highest BCUT2D eigenvalue weighted by Gasteiger charge is 2.53. The lowest BCUT2D eigenvalue weighted by molar-refractivity contribution is -0.0681. The summed E-state index contributed by atoms with van der Waals surface area (Å²) in [5, 5.41) is 6.13. The molecule has 1 unspecified atom stereocenters. The molecule has 1 aromatic carbocycles.